The lowest BCUT2D eigenvalue weighted by Crippen LogP contribution is -2.33. The Balaban J connectivity index is 1.70. The number of aliphatic hydroxyl groups excluding tert-OH is 1. The highest BCUT2D eigenvalue weighted by Crippen LogP contribution is 2.26. The topological polar surface area (TPSA) is 69.6 Å². The molecule has 1 aliphatic heterocycles. The second-order valence-electron chi connectivity index (χ2n) is 6.28. The monoisotopic (exact) mass is 320 g/mol. The van der Waals surface area contributed by atoms with Gasteiger partial charge in [0.2, 0.25) is 5.91 Å². The van der Waals surface area contributed by atoms with E-state index in [2.05, 4.69) is 5.32 Å². The Labute approximate surface area is 134 Å². The van der Waals surface area contributed by atoms with Crippen molar-refractivity contribution >= 4 is 17.5 Å². The summed E-state index contributed by atoms with van der Waals surface area (Å²) in [6, 6.07) is 4.18. The number of nitrogens with zero attached hydrogens (tertiary/aromatic N) is 1. The molecule has 5 nitrogen and oxygen atoms in total. The third kappa shape index (κ3) is 3.37. The van der Waals surface area contributed by atoms with Gasteiger partial charge in [-0.15, -0.1) is 0 Å². The lowest BCUT2D eigenvalue weighted by Gasteiger charge is -2.18. The molecule has 2 N–H and O–H groups in total. The van der Waals surface area contributed by atoms with Crippen molar-refractivity contribution < 1.29 is 19.1 Å². The number of carbonyl (C=O) groups excluding carboxylic acids is 2. The normalized spacial score (nSPS) is 24.3. The van der Waals surface area contributed by atoms with Gasteiger partial charge in [-0.1, -0.05) is 6.42 Å². The summed E-state index contributed by atoms with van der Waals surface area (Å²) < 4.78 is 14.0. The predicted octanol–water partition coefficient (Wildman–Crippen LogP) is 1.84. The lowest BCUT2D eigenvalue weighted by atomic mass is 10.1. The largest absolute Gasteiger partial charge is 0.393 e. The fourth-order valence-corrected chi connectivity index (χ4v) is 3.35. The van der Waals surface area contributed by atoms with E-state index in [-0.39, 0.29) is 17.4 Å². The third-order valence-electron chi connectivity index (χ3n) is 4.72. The molecular weight excluding hydrogens is 299 g/mol. The number of carbonyl (C=O) groups is 2. The molecule has 0 spiro atoms. The average Bonchev–Trinajstić information content (AvgIpc) is 3.14. The molecule has 23 heavy (non-hydrogen) atoms. The summed E-state index contributed by atoms with van der Waals surface area (Å²) in [5, 5.41) is 12.5. The van der Waals surface area contributed by atoms with Crippen LogP contribution in [0.1, 0.15) is 42.5 Å². The quantitative estimate of drug-likeness (QED) is 0.889. The predicted molar refractivity (Wildman–Crippen MR) is 83.7 cm³/mol. The molecule has 1 aliphatic carbocycles. The molecule has 0 radical (unpaired) electrons. The van der Waals surface area contributed by atoms with Crippen molar-refractivity contribution in [2.24, 2.45) is 5.92 Å². The van der Waals surface area contributed by atoms with Gasteiger partial charge in [0.25, 0.3) is 5.91 Å². The molecule has 2 fully saturated rings. The third-order valence-corrected chi connectivity index (χ3v) is 4.72. The van der Waals surface area contributed by atoms with Crippen LogP contribution >= 0.6 is 0 Å². The van der Waals surface area contributed by atoms with Crippen molar-refractivity contribution in [3.8, 4) is 0 Å². The van der Waals surface area contributed by atoms with E-state index < -0.39 is 17.8 Å². The Bertz CT molecular complexity index is 620. The van der Waals surface area contributed by atoms with Crippen LogP contribution in [0.15, 0.2) is 18.2 Å². The van der Waals surface area contributed by atoms with Gasteiger partial charge >= 0.3 is 0 Å². The molecule has 2 amide bonds. The van der Waals surface area contributed by atoms with Crippen LogP contribution in [0.2, 0.25) is 0 Å². The minimum Gasteiger partial charge on any atom is -0.393 e. The van der Waals surface area contributed by atoms with Crippen LogP contribution < -0.4 is 10.2 Å². The summed E-state index contributed by atoms with van der Waals surface area (Å²) in [5.74, 6) is -1.08. The summed E-state index contributed by atoms with van der Waals surface area (Å²) in [6.45, 7) is 0.937. The van der Waals surface area contributed by atoms with Gasteiger partial charge in [-0.3, -0.25) is 9.59 Å². The van der Waals surface area contributed by atoms with Crippen LogP contribution in [0.5, 0.6) is 0 Å². The summed E-state index contributed by atoms with van der Waals surface area (Å²) in [4.78, 5) is 25.6. The molecule has 124 valence electrons. The second-order valence-corrected chi connectivity index (χ2v) is 6.28. The molecule has 2 atom stereocenters. The van der Waals surface area contributed by atoms with Crippen molar-refractivity contribution in [3.05, 3.63) is 29.6 Å². The fraction of sp³-hybridized carbons (Fsp3) is 0.529. The van der Waals surface area contributed by atoms with Gasteiger partial charge in [-0.05, 0) is 37.5 Å². The zero-order valence-electron chi connectivity index (χ0n) is 12.9. The van der Waals surface area contributed by atoms with Crippen molar-refractivity contribution in [2.45, 2.75) is 38.2 Å². The Morgan fingerprint density at radius 3 is 2.83 bits per heavy atom. The Kier molecular flexibility index (Phi) is 4.61. The highest BCUT2D eigenvalue weighted by molar-refractivity contribution is 5.99. The van der Waals surface area contributed by atoms with Crippen molar-refractivity contribution in [2.75, 3.05) is 18.0 Å². The van der Waals surface area contributed by atoms with Crippen LogP contribution in [0, 0.1) is 11.7 Å². The number of halogens is 1. The standard InChI is InChI=1S/C17H21FN2O3/c18-14-7-6-12(20-8-2-5-16(20)22)9-13(14)17(23)19-10-11-3-1-4-15(11)21/h6-7,9,11,15,21H,1-5,8,10H2,(H,19,23). The van der Waals surface area contributed by atoms with Crippen LogP contribution in [-0.2, 0) is 4.79 Å². The number of aliphatic hydroxyl groups is 1. The second kappa shape index (κ2) is 6.66. The van der Waals surface area contributed by atoms with Crippen molar-refractivity contribution in [1.29, 1.82) is 0 Å². The first-order valence-electron chi connectivity index (χ1n) is 8.12. The van der Waals surface area contributed by atoms with Crippen LogP contribution in [0.4, 0.5) is 10.1 Å². The fourth-order valence-electron chi connectivity index (χ4n) is 3.35. The maximum atomic E-state index is 14.0. The molecule has 1 saturated carbocycles. The van der Waals surface area contributed by atoms with E-state index in [1.165, 1.54) is 18.2 Å². The van der Waals surface area contributed by atoms with Gasteiger partial charge < -0.3 is 15.3 Å². The van der Waals surface area contributed by atoms with Crippen molar-refractivity contribution in [1.82, 2.24) is 5.32 Å². The Hall–Kier alpha value is -1.95. The molecular formula is C17H21FN2O3. The number of hydrogen-bond donors (Lipinski definition) is 2. The molecule has 0 aromatic heterocycles. The molecule has 1 aromatic rings. The zero-order chi connectivity index (χ0) is 16.4. The number of anilines is 1. The highest BCUT2D eigenvalue weighted by Gasteiger charge is 2.27. The summed E-state index contributed by atoms with van der Waals surface area (Å²) in [5.41, 5.74) is 0.495. The highest BCUT2D eigenvalue weighted by atomic mass is 19.1. The average molecular weight is 320 g/mol. The van der Waals surface area contributed by atoms with Crippen molar-refractivity contribution in [3.63, 3.8) is 0 Å². The molecule has 6 heteroatoms. The van der Waals surface area contributed by atoms with Gasteiger partial charge in [0.15, 0.2) is 0 Å². The smallest absolute Gasteiger partial charge is 0.254 e. The number of benzene rings is 1. The molecule has 2 unspecified atom stereocenters. The lowest BCUT2D eigenvalue weighted by molar-refractivity contribution is -0.117. The van der Waals surface area contributed by atoms with E-state index in [1.807, 2.05) is 0 Å². The first-order chi connectivity index (χ1) is 11.1. The molecule has 1 heterocycles. The van der Waals surface area contributed by atoms with Gasteiger partial charge in [0, 0.05) is 31.1 Å². The van der Waals surface area contributed by atoms with Gasteiger partial charge in [-0.2, -0.15) is 0 Å². The molecule has 1 aromatic carbocycles. The SMILES string of the molecule is O=C(NCC1CCCC1O)c1cc(N2CCCC2=O)ccc1F. The summed E-state index contributed by atoms with van der Waals surface area (Å²) in [6.07, 6.45) is 3.43. The van der Waals surface area contributed by atoms with E-state index in [4.69, 9.17) is 0 Å². The first-order valence-corrected chi connectivity index (χ1v) is 8.12. The Morgan fingerprint density at radius 1 is 1.35 bits per heavy atom. The van der Waals surface area contributed by atoms with E-state index in [1.54, 1.807) is 4.90 Å². The maximum Gasteiger partial charge on any atom is 0.254 e. The maximum absolute atomic E-state index is 14.0. The molecule has 1 saturated heterocycles. The number of rotatable bonds is 4. The minimum absolute atomic E-state index is 0.00274. The van der Waals surface area contributed by atoms with E-state index >= 15 is 0 Å². The molecule has 0 bridgehead atoms. The van der Waals surface area contributed by atoms with Crippen LogP contribution in [0.3, 0.4) is 0 Å². The van der Waals surface area contributed by atoms with Gasteiger partial charge in [0.05, 0.1) is 11.7 Å². The zero-order valence-corrected chi connectivity index (χ0v) is 12.9. The number of nitrogens with one attached hydrogen (secondary N) is 1. The first kappa shape index (κ1) is 15.9. The molecule has 3 rings (SSSR count). The molecule has 2 aliphatic rings. The number of hydrogen-bond acceptors (Lipinski definition) is 3. The van der Waals surface area contributed by atoms with Gasteiger partial charge in [0.1, 0.15) is 5.82 Å². The van der Waals surface area contributed by atoms with E-state index in [0.29, 0.717) is 25.2 Å². The minimum atomic E-state index is -0.607. The van der Waals surface area contributed by atoms with E-state index in [9.17, 15) is 19.1 Å². The van der Waals surface area contributed by atoms with Gasteiger partial charge in [-0.25, -0.2) is 4.39 Å². The summed E-state index contributed by atoms with van der Waals surface area (Å²) in [7, 11) is 0. The van der Waals surface area contributed by atoms with Crippen LogP contribution in [0.25, 0.3) is 0 Å². The number of amides is 2. The summed E-state index contributed by atoms with van der Waals surface area (Å²) >= 11 is 0. The Morgan fingerprint density at radius 2 is 2.17 bits per heavy atom. The van der Waals surface area contributed by atoms with Crippen LogP contribution in [-0.4, -0.2) is 36.1 Å². The van der Waals surface area contributed by atoms with E-state index in [0.717, 1.165) is 25.7 Å².